The zero-order valence-electron chi connectivity index (χ0n) is 9.67. The summed E-state index contributed by atoms with van der Waals surface area (Å²) in [6, 6.07) is -1.12. The molecule has 74 valence electrons. The van der Waals surface area contributed by atoms with E-state index in [1.54, 1.807) is 0 Å². The molecule has 0 bridgehead atoms. The molecule has 0 saturated carbocycles. The summed E-state index contributed by atoms with van der Waals surface area (Å²) >= 11 is 0. The number of halogens is 1. The van der Waals surface area contributed by atoms with Crippen LogP contribution < -0.4 is 5.73 Å². The van der Waals surface area contributed by atoms with Crippen molar-refractivity contribution in [2.24, 2.45) is 12.7 Å². The third kappa shape index (κ3) is 3.04. The fourth-order valence-electron chi connectivity index (χ4n) is 0.786. The summed E-state index contributed by atoms with van der Waals surface area (Å²) in [5.74, 6) is -1.17. The number of imidazole rings is 1. The van der Waals surface area contributed by atoms with Gasteiger partial charge in [-0.05, 0) is 0 Å². The van der Waals surface area contributed by atoms with Crippen LogP contribution >= 0.6 is 12.4 Å². The Labute approximate surface area is 86.2 Å². The Balaban J connectivity index is 0.00000225. The second kappa shape index (κ2) is 4.84. The maximum atomic E-state index is 10.5. The fourth-order valence-corrected chi connectivity index (χ4v) is 0.786. The predicted octanol–water partition coefficient (Wildman–Crippen LogP) is -0.204. The number of aromatic nitrogens is 2. The first-order valence-corrected chi connectivity index (χ1v) is 3.32. The van der Waals surface area contributed by atoms with Crippen LogP contribution in [0, 0.1) is 0 Å². The highest BCUT2D eigenvalue weighted by molar-refractivity contribution is 5.85. The summed E-state index contributed by atoms with van der Waals surface area (Å²) in [5.41, 5.74) is 5.58. The summed E-state index contributed by atoms with van der Waals surface area (Å²) in [5, 5.41) is 8.58. The van der Waals surface area contributed by atoms with Crippen LogP contribution in [0.3, 0.4) is 0 Å². The van der Waals surface area contributed by atoms with Crippen LogP contribution in [0.15, 0.2) is 12.5 Å². The average Bonchev–Trinajstić information content (AvgIpc) is 2.50. The van der Waals surface area contributed by atoms with E-state index in [4.69, 9.17) is 15.0 Å². The minimum atomic E-state index is -2.36. The minimum Gasteiger partial charge on any atom is -0.480 e. The maximum Gasteiger partial charge on any atom is 0.320 e. The second-order valence-corrected chi connectivity index (χ2v) is 2.40. The van der Waals surface area contributed by atoms with Gasteiger partial charge < -0.3 is 15.4 Å². The van der Waals surface area contributed by atoms with Crippen molar-refractivity contribution in [1.82, 2.24) is 9.55 Å². The molecule has 0 fully saturated rings. The fraction of sp³-hybridized carbons (Fsp3) is 0.429. The maximum absolute atomic E-state index is 10.5. The molecule has 13 heavy (non-hydrogen) atoms. The molecule has 0 unspecified atom stereocenters. The standard InChI is InChI=1S/C7H11N3O2.ClH/c1-10-4-9-3-5(10)2-6(8)7(11)12;/h3-4,6H,2,8H2,1H3,(H,11,12);1H/t6-;/m0./s1/i1D3;. The van der Waals surface area contributed by atoms with Crippen molar-refractivity contribution in [3.05, 3.63) is 18.2 Å². The van der Waals surface area contributed by atoms with Gasteiger partial charge in [0.25, 0.3) is 0 Å². The third-order valence-electron chi connectivity index (χ3n) is 1.46. The van der Waals surface area contributed by atoms with Gasteiger partial charge in [0.1, 0.15) is 6.04 Å². The Morgan fingerprint density at radius 3 is 3.23 bits per heavy atom. The molecule has 3 N–H and O–H groups in total. The number of hydrogen-bond acceptors (Lipinski definition) is 3. The number of hydrogen-bond donors (Lipinski definition) is 2. The molecule has 0 aliphatic heterocycles. The van der Waals surface area contributed by atoms with E-state index in [0.29, 0.717) is 0 Å². The summed E-state index contributed by atoms with van der Waals surface area (Å²) in [6.07, 6.45) is 2.37. The predicted molar refractivity (Wildman–Crippen MR) is 49.8 cm³/mol. The van der Waals surface area contributed by atoms with Gasteiger partial charge in [-0.25, -0.2) is 4.98 Å². The number of carboxylic acids is 1. The van der Waals surface area contributed by atoms with Gasteiger partial charge >= 0.3 is 5.97 Å². The van der Waals surface area contributed by atoms with Crippen molar-refractivity contribution in [3.8, 4) is 0 Å². The minimum absolute atomic E-state index is 0. The highest BCUT2D eigenvalue weighted by atomic mass is 35.5. The van der Waals surface area contributed by atoms with Crippen molar-refractivity contribution in [3.63, 3.8) is 0 Å². The molecule has 0 amide bonds. The molecule has 1 aromatic rings. The summed E-state index contributed by atoms with van der Waals surface area (Å²) in [6.45, 7) is -2.36. The number of rotatable bonds is 3. The first-order chi connectivity index (χ1) is 6.82. The topological polar surface area (TPSA) is 81.1 Å². The van der Waals surface area contributed by atoms with Gasteiger partial charge in [0.2, 0.25) is 0 Å². The Bertz CT molecular complexity index is 366. The molecule has 0 radical (unpaired) electrons. The molecular formula is C7H12ClN3O2. The molecule has 1 heterocycles. The van der Waals surface area contributed by atoms with Crippen LogP contribution in [-0.4, -0.2) is 26.7 Å². The lowest BCUT2D eigenvalue weighted by Crippen LogP contribution is -2.32. The number of aliphatic carboxylic acids is 1. The molecule has 0 aliphatic carbocycles. The molecule has 6 heteroatoms. The van der Waals surface area contributed by atoms with Gasteiger partial charge in [0, 0.05) is 29.4 Å². The number of aryl methyl sites for hydroxylation is 1. The highest BCUT2D eigenvalue weighted by Crippen LogP contribution is 1.99. The smallest absolute Gasteiger partial charge is 0.320 e. The van der Waals surface area contributed by atoms with Crippen molar-refractivity contribution in [2.75, 3.05) is 0 Å². The van der Waals surface area contributed by atoms with Gasteiger partial charge in [-0.15, -0.1) is 12.4 Å². The van der Waals surface area contributed by atoms with E-state index in [9.17, 15) is 4.79 Å². The molecule has 0 saturated heterocycles. The first kappa shape index (κ1) is 7.34. The van der Waals surface area contributed by atoms with Crippen molar-refractivity contribution >= 4 is 18.4 Å². The SMILES string of the molecule is Cl.[2H]C([2H])([2H])n1cncc1C[C@H](N)C(=O)O. The van der Waals surface area contributed by atoms with Crippen molar-refractivity contribution in [2.45, 2.75) is 12.5 Å². The Morgan fingerprint density at radius 1 is 2.00 bits per heavy atom. The van der Waals surface area contributed by atoms with Crippen LogP contribution in [0.4, 0.5) is 0 Å². The Hall–Kier alpha value is -1.07. The lowest BCUT2D eigenvalue weighted by atomic mass is 10.2. The van der Waals surface area contributed by atoms with E-state index in [2.05, 4.69) is 4.98 Å². The van der Waals surface area contributed by atoms with Crippen LogP contribution in [0.5, 0.6) is 0 Å². The monoisotopic (exact) mass is 208 g/mol. The summed E-state index contributed by atoms with van der Waals surface area (Å²) in [4.78, 5) is 14.1. The molecule has 1 atom stereocenters. The third-order valence-corrected chi connectivity index (χ3v) is 1.46. The zero-order chi connectivity index (χ0) is 11.6. The molecule has 1 aromatic heterocycles. The number of carboxylic acid groups (broad SMARTS) is 1. The Morgan fingerprint density at radius 2 is 2.69 bits per heavy atom. The van der Waals surface area contributed by atoms with Gasteiger partial charge in [-0.2, -0.15) is 0 Å². The van der Waals surface area contributed by atoms with Crippen molar-refractivity contribution in [1.29, 1.82) is 0 Å². The molecule has 0 aromatic carbocycles. The van der Waals surface area contributed by atoms with Crippen LogP contribution in [0.1, 0.15) is 9.81 Å². The molecule has 0 spiro atoms. The number of nitrogens with zero attached hydrogens (tertiary/aromatic N) is 2. The number of carbonyl (C=O) groups is 1. The largest absolute Gasteiger partial charge is 0.480 e. The molecule has 0 aliphatic rings. The van der Waals surface area contributed by atoms with Gasteiger partial charge in [0.15, 0.2) is 0 Å². The summed E-state index contributed by atoms with van der Waals surface area (Å²) < 4.78 is 22.4. The van der Waals surface area contributed by atoms with Crippen LogP contribution in [0.25, 0.3) is 0 Å². The summed E-state index contributed by atoms with van der Waals surface area (Å²) in [7, 11) is 0. The van der Waals surface area contributed by atoms with E-state index in [0.717, 1.165) is 10.9 Å². The average molecular weight is 209 g/mol. The second-order valence-electron chi connectivity index (χ2n) is 2.40. The van der Waals surface area contributed by atoms with E-state index in [1.165, 1.54) is 6.20 Å². The lowest BCUT2D eigenvalue weighted by molar-refractivity contribution is -0.138. The van der Waals surface area contributed by atoms with E-state index in [-0.39, 0.29) is 24.5 Å². The quantitative estimate of drug-likeness (QED) is 0.721. The van der Waals surface area contributed by atoms with E-state index < -0.39 is 19.0 Å². The molecule has 5 nitrogen and oxygen atoms in total. The van der Waals surface area contributed by atoms with Gasteiger partial charge in [-0.1, -0.05) is 0 Å². The molecule has 1 rings (SSSR count). The first-order valence-electron chi connectivity index (χ1n) is 4.82. The highest BCUT2D eigenvalue weighted by Gasteiger charge is 2.13. The van der Waals surface area contributed by atoms with E-state index in [1.807, 2.05) is 0 Å². The van der Waals surface area contributed by atoms with Gasteiger partial charge in [0.05, 0.1) is 6.33 Å². The lowest BCUT2D eigenvalue weighted by Gasteiger charge is -2.05. The zero-order valence-corrected chi connectivity index (χ0v) is 7.49. The van der Waals surface area contributed by atoms with Crippen LogP contribution in [0.2, 0.25) is 0 Å². The van der Waals surface area contributed by atoms with E-state index >= 15 is 0 Å². The van der Waals surface area contributed by atoms with Crippen LogP contribution in [-0.2, 0) is 18.2 Å². The van der Waals surface area contributed by atoms with Gasteiger partial charge in [-0.3, -0.25) is 4.79 Å². The van der Waals surface area contributed by atoms with Crippen molar-refractivity contribution < 1.29 is 14.0 Å². The Kier molecular flexibility index (Phi) is 2.73. The number of nitrogens with two attached hydrogens (primary N) is 1. The normalized spacial score (nSPS) is 16.2. The molecular weight excluding hydrogens is 194 g/mol.